The second-order valence-corrected chi connectivity index (χ2v) is 2.46. The van der Waals surface area contributed by atoms with Gasteiger partial charge >= 0.3 is 0 Å². The van der Waals surface area contributed by atoms with E-state index in [-0.39, 0.29) is 0 Å². The van der Waals surface area contributed by atoms with Crippen LogP contribution in [0, 0.1) is 0 Å². The minimum absolute atomic E-state index is 0.419. The van der Waals surface area contributed by atoms with Crippen LogP contribution >= 0.6 is 0 Å². The Hall–Kier alpha value is -0.900. The number of allylic oxidation sites excluding steroid dienone is 1. The van der Waals surface area contributed by atoms with Crippen molar-refractivity contribution in [3.8, 4) is 0 Å². The van der Waals surface area contributed by atoms with Gasteiger partial charge in [-0.2, -0.15) is 5.11 Å². The fourth-order valence-electron chi connectivity index (χ4n) is 0.627. The fourth-order valence-corrected chi connectivity index (χ4v) is 0.627. The molecule has 1 N–H and O–H groups in total. The summed E-state index contributed by atoms with van der Waals surface area (Å²) in [5.41, 5.74) is 0.775. The highest BCUT2D eigenvalue weighted by molar-refractivity contribution is 4.86. The minimum atomic E-state index is -0.419. The lowest BCUT2D eigenvalue weighted by molar-refractivity contribution is 0.143. The molecule has 1 atom stereocenters. The highest BCUT2D eigenvalue weighted by atomic mass is 16.3. The molecular formula is C7H15N3O. The summed E-state index contributed by atoms with van der Waals surface area (Å²) in [6, 6.07) is 0. The van der Waals surface area contributed by atoms with Gasteiger partial charge in [-0.3, -0.25) is 0 Å². The minimum Gasteiger partial charge on any atom is -0.391 e. The van der Waals surface area contributed by atoms with Gasteiger partial charge in [0.05, 0.1) is 19.7 Å². The first-order chi connectivity index (χ1) is 5.07. The van der Waals surface area contributed by atoms with Gasteiger partial charge in [0.1, 0.15) is 0 Å². The van der Waals surface area contributed by atoms with Crippen LogP contribution in [0.5, 0.6) is 0 Å². The average molecular weight is 157 g/mol. The van der Waals surface area contributed by atoms with Crippen molar-refractivity contribution >= 4 is 0 Å². The Bertz CT molecular complexity index is 154. The number of hydrogen-bond acceptors (Lipinski definition) is 3. The summed E-state index contributed by atoms with van der Waals surface area (Å²) < 4.78 is 0. The molecule has 0 radical (unpaired) electrons. The molecule has 0 saturated heterocycles. The molecule has 0 aromatic carbocycles. The Morgan fingerprint density at radius 2 is 2.27 bits per heavy atom. The molecule has 0 fully saturated rings. The lowest BCUT2D eigenvalue weighted by Gasteiger charge is -2.18. The van der Waals surface area contributed by atoms with Crippen LogP contribution in [-0.2, 0) is 0 Å². The molecule has 11 heavy (non-hydrogen) atoms. The Morgan fingerprint density at radius 3 is 2.55 bits per heavy atom. The van der Waals surface area contributed by atoms with Crippen LogP contribution in [0.4, 0.5) is 0 Å². The maximum absolute atomic E-state index is 9.01. The predicted molar refractivity (Wildman–Crippen MR) is 44.0 cm³/mol. The van der Waals surface area contributed by atoms with E-state index in [2.05, 4.69) is 16.9 Å². The lowest BCUT2D eigenvalue weighted by Crippen LogP contribution is -2.24. The quantitative estimate of drug-likeness (QED) is 0.492. The largest absolute Gasteiger partial charge is 0.391 e. The molecule has 0 rings (SSSR count). The zero-order valence-electron chi connectivity index (χ0n) is 7.28. The van der Waals surface area contributed by atoms with E-state index in [1.165, 1.54) is 0 Å². The first-order valence-corrected chi connectivity index (χ1v) is 3.48. The smallest absolute Gasteiger partial charge is 0.0708 e. The van der Waals surface area contributed by atoms with Gasteiger partial charge in [-0.1, -0.05) is 11.8 Å². The second kappa shape index (κ2) is 4.85. The summed E-state index contributed by atoms with van der Waals surface area (Å²) in [5.74, 6) is 0. The summed E-state index contributed by atoms with van der Waals surface area (Å²) >= 11 is 0. The maximum Gasteiger partial charge on any atom is 0.0708 e. The van der Waals surface area contributed by atoms with E-state index >= 15 is 0 Å². The van der Waals surface area contributed by atoms with Gasteiger partial charge in [0.25, 0.3) is 0 Å². The zero-order chi connectivity index (χ0) is 8.85. The maximum atomic E-state index is 9.01. The van der Waals surface area contributed by atoms with Crippen LogP contribution in [0.2, 0.25) is 0 Å². The molecule has 0 aliphatic carbocycles. The van der Waals surface area contributed by atoms with Crippen molar-refractivity contribution in [2.45, 2.75) is 20.0 Å². The van der Waals surface area contributed by atoms with E-state index in [4.69, 9.17) is 5.11 Å². The van der Waals surface area contributed by atoms with E-state index in [1.54, 1.807) is 19.0 Å². The average Bonchev–Trinajstić information content (AvgIpc) is 1.86. The third kappa shape index (κ3) is 4.50. The SMILES string of the molecule is C=C(C)N(CC(C)O)N=NC. The normalized spacial score (nSPS) is 13.5. The molecule has 0 heterocycles. The van der Waals surface area contributed by atoms with Gasteiger partial charge in [0.15, 0.2) is 0 Å². The van der Waals surface area contributed by atoms with Gasteiger partial charge < -0.3 is 5.11 Å². The topological polar surface area (TPSA) is 48.2 Å². The fraction of sp³-hybridized carbons (Fsp3) is 0.714. The molecule has 64 valence electrons. The number of aliphatic hydroxyl groups excluding tert-OH is 1. The number of rotatable bonds is 4. The third-order valence-corrected chi connectivity index (χ3v) is 1.08. The summed E-state index contributed by atoms with van der Waals surface area (Å²) in [7, 11) is 1.58. The first-order valence-electron chi connectivity index (χ1n) is 3.48. The number of hydrogen-bond donors (Lipinski definition) is 1. The van der Waals surface area contributed by atoms with E-state index in [0.29, 0.717) is 6.54 Å². The van der Waals surface area contributed by atoms with Crippen molar-refractivity contribution in [1.82, 2.24) is 5.01 Å². The number of aliphatic hydroxyl groups is 1. The molecule has 4 nitrogen and oxygen atoms in total. The second-order valence-electron chi connectivity index (χ2n) is 2.46. The van der Waals surface area contributed by atoms with Crippen LogP contribution in [0.25, 0.3) is 0 Å². The molecule has 0 saturated carbocycles. The van der Waals surface area contributed by atoms with Crippen molar-refractivity contribution in [1.29, 1.82) is 0 Å². The Morgan fingerprint density at radius 1 is 1.73 bits per heavy atom. The molecule has 0 bridgehead atoms. The molecule has 0 amide bonds. The molecule has 0 aromatic heterocycles. The molecule has 4 heteroatoms. The molecule has 0 aliphatic heterocycles. The van der Waals surface area contributed by atoms with Crippen LogP contribution in [0.3, 0.4) is 0 Å². The number of nitrogens with zero attached hydrogens (tertiary/aromatic N) is 3. The zero-order valence-corrected chi connectivity index (χ0v) is 7.28. The monoisotopic (exact) mass is 157 g/mol. The molecule has 0 aromatic rings. The summed E-state index contributed by atoms with van der Waals surface area (Å²) in [6.07, 6.45) is -0.419. The van der Waals surface area contributed by atoms with E-state index < -0.39 is 6.10 Å². The van der Waals surface area contributed by atoms with Crippen LogP contribution < -0.4 is 0 Å². The summed E-state index contributed by atoms with van der Waals surface area (Å²) in [4.78, 5) is 0. The van der Waals surface area contributed by atoms with Crippen molar-refractivity contribution in [3.63, 3.8) is 0 Å². The Labute approximate surface area is 67.2 Å². The molecule has 1 unspecified atom stereocenters. The van der Waals surface area contributed by atoms with Crippen molar-refractivity contribution < 1.29 is 5.11 Å². The van der Waals surface area contributed by atoms with Crippen molar-refractivity contribution in [2.75, 3.05) is 13.6 Å². The van der Waals surface area contributed by atoms with Crippen molar-refractivity contribution in [3.05, 3.63) is 12.3 Å². The Kier molecular flexibility index (Phi) is 4.45. The Balaban J connectivity index is 4.00. The summed E-state index contributed by atoms with van der Waals surface area (Å²) in [6.45, 7) is 7.64. The van der Waals surface area contributed by atoms with Crippen molar-refractivity contribution in [2.24, 2.45) is 10.3 Å². The van der Waals surface area contributed by atoms with E-state index in [0.717, 1.165) is 5.70 Å². The van der Waals surface area contributed by atoms with Crippen LogP contribution in [-0.4, -0.2) is 29.8 Å². The van der Waals surface area contributed by atoms with E-state index in [1.807, 2.05) is 6.92 Å². The highest BCUT2D eigenvalue weighted by Crippen LogP contribution is 2.02. The van der Waals surface area contributed by atoms with Gasteiger partial charge in [-0.15, -0.1) is 0 Å². The van der Waals surface area contributed by atoms with Gasteiger partial charge in [0.2, 0.25) is 0 Å². The lowest BCUT2D eigenvalue weighted by atomic mass is 10.4. The molecule has 0 aliphatic rings. The molecular weight excluding hydrogens is 142 g/mol. The van der Waals surface area contributed by atoms with Crippen LogP contribution in [0.1, 0.15) is 13.8 Å². The standard InChI is InChI=1S/C7H15N3O/c1-6(2)10(9-8-4)5-7(3)11/h7,11H,1,5H2,2-4H3. The van der Waals surface area contributed by atoms with Gasteiger partial charge in [-0.25, -0.2) is 5.01 Å². The third-order valence-electron chi connectivity index (χ3n) is 1.08. The van der Waals surface area contributed by atoms with Crippen LogP contribution in [0.15, 0.2) is 22.6 Å². The highest BCUT2D eigenvalue weighted by Gasteiger charge is 2.04. The first kappa shape index (κ1) is 10.1. The van der Waals surface area contributed by atoms with E-state index in [9.17, 15) is 0 Å². The molecule has 0 spiro atoms. The summed E-state index contributed by atoms with van der Waals surface area (Å²) in [5, 5.41) is 17.9. The van der Waals surface area contributed by atoms with Gasteiger partial charge in [0, 0.05) is 5.70 Å². The van der Waals surface area contributed by atoms with Gasteiger partial charge in [-0.05, 0) is 13.8 Å². The predicted octanol–water partition coefficient (Wildman–Crippen LogP) is 1.20.